The van der Waals surface area contributed by atoms with E-state index in [1.54, 1.807) is 0 Å². The van der Waals surface area contributed by atoms with Crippen LogP contribution < -0.4 is 0 Å². The van der Waals surface area contributed by atoms with Gasteiger partial charge in [0.2, 0.25) is 0 Å². The lowest BCUT2D eigenvalue weighted by molar-refractivity contribution is -0.870. The lowest BCUT2D eigenvalue weighted by Gasteiger charge is -2.24. The quantitative estimate of drug-likeness (QED) is 0.0278. The molecule has 0 aliphatic rings. The molecule has 0 spiro atoms. The van der Waals surface area contributed by atoms with E-state index < -0.39 is 26.5 Å². The van der Waals surface area contributed by atoms with Crippen molar-refractivity contribution in [2.75, 3.05) is 47.5 Å². The van der Waals surface area contributed by atoms with Crippen molar-refractivity contribution in [3.8, 4) is 0 Å². The Morgan fingerprint density at radius 2 is 0.529 bits per heavy atom. The zero-order valence-electron chi connectivity index (χ0n) is 58.2. The molecule has 0 aliphatic carbocycles. The van der Waals surface area contributed by atoms with Crippen molar-refractivity contribution in [2.24, 2.45) is 0 Å². The third kappa shape index (κ3) is 72.0. The molecule has 85 heavy (non-hydrogen) atoms. The highest BCUT2D eigenvalue weighted by molar-refractivity contribution is 7.47. The van der Waals surface area contributed by atoms with E-state index in [1.165, 1.54) is 353 Å². The summed E-state index contributed by atoms with van der Waals surface area (Å²) in [6.45, 7) is 4.54. The number of hydrogen-bond acceptors (Lipinski definition) is 7. The van der Waals surface area contributed by atoms with E-state index in [9.17, 15) is 19.0 Å². The predicted molar refractivity (Wildman–Crippen MR) is 368 cm³/mol. The van der Waals surface area contributed by atoms with Crippen LogP contribution in [0.5, 0.6) is 0 Å². The third-order valence-electron chi connectivity index (χ3n) is 17.9. The summed E-state index contributed by atoms with van der Waals surface area (Å²) in [5, 5.41) is 0. The van der Waals surface area contributed by atoms with Gasteiger partial charge in [0.1, 0.15) is 19.8 Å². The Labute approximate surface area is 531 Å². The molecule has 0 aromatic carbocycles. The minimum Gasteiger partial charge on any atom is -0.462 e. The molecule has 0 fully saturated rings. The first-order valence-electron chi connectivity index (χ1n) is 38.3. The Kier molecular flexibility index (Phi) is 66.6. The van der Waals surface area contributed by atoms with E-state index in [0.717, 1.165) is 38.5 Å². The fourth-order valence-electron chi connectivity index (χ4n) is 12.0. The van der Waals surface area contributed by atoms with Crippen molar-refractivity contribution >= 4 is 19.8 Å². The van der Waals surface area contributed by atoms with Crippen molar-refractivity contribution in [2.45, 2.75) is 424 Å². The second-order valence-corrected chi connectivity index (χ2v) is 29.2. The van der Waals surface area contributed by atoms with E-state index in [2.05, 4.69) is 13.8 Å². The van der Waals surface area contributed by atoms with Crippen molar-refractivity contribution in [3.63, 3.8) is 0 Å². The second-order valence-electron chi connectivity index (χ2n) is 27.8. The largest absolute Gasteiger partial charge is 0.472 e. The topological polar surface area (TPSA) is 108 Å². The number of likely N-dealkylation sites (N-methyl/N-ethyl adjacent to an activating group) is 1. The summed E-state index contributed by atoms with van der Waals surface area (Å²) >= 11 is 0. The van der Waals surface area contributed by atoms with Crippen molar-refractivity contribution in [3.05, 3.63) is 0 Å². The highest BCUT2D eigenvalue weighted by Crippen LogP contribution is 2.43. The standard InChI is InChI=1S/C75H150NO8P/c1-6-8-10-12-14-16-18-20-22-24-26-28-30-31-32-33-34-35-36-37-38-39-40-41-42-43-44-45-46-48-50-52-54-56-58-60-62-64-66-68-75(78)84-73(72-83-85(79,80)82-70-69-76(3,4)5)71-81-74(77)67-65-63-61-59-57-55-53-51-49-47-29-27-25-23-21-19-17-15-13-11-9-7-2/h73H,6-72H2,1-5H3/p+1. The van der Waals surface area contributed by atoms with Crippen LogP contribution in [0.15, 0.2) is 0 Å². The Hall–Kier alpha value is -0.990. The Balaban J connectivity index is 3.86. The van der Waals surface area contributed by atoms with Crippen molar-refractivity contribution in [1.29, 1.82) is 0 Å². The number of hydrogen-bond donors (Lipinski definition) is 1. The van der Waals surface area contributed by atoms with Crippen molar-refractivity contribution < 1.29 is 42.1 Å². The molecular formula is C75H151NO8P+. The van der Waals surface area contributed by atoms with Crippen LogP contribution in [0.2, 0.25) is 0 Å². The van der Waals surface area contributed by atoms with Gasteiger partial charge in [0.15, 0.2) is 6.10 Å². The lowest BCUT2D eigenvalue weighted by Crippen LogP contribution is -2.37. The number of ether oxygens (including phenoxy) is 2. The van der Waals surface area contributed by atoms with Crippen molar-refractivity contribution in [1.82, 2.24) is 0 Å². The lowest BCUT2D eigenvalue weighted by atomic mass is 10.0. The smallest absolute Gasteiger partial charge is 0.462 e. The molecule has 1 N–H and O–H groups in total. The van der Waals surface area contributed by atoms with Gasteiger partial charge < -0.3 is 18.9 Å². The molecule has 0 bridgehead atoms. The maximum Gasteiger partial charge on any atom is 0.472 e. The molecule has 0 aromatic heterocycles. The minimum atomic E-state index is -4.39. The molecule has 508 valence electrons. The predicted octanol–water partition coefficient (Wildman–Crippen LogP) is 24.9. The average molecular weight is 1230 g/mol. The number of phosphoric ester groups is 1. The van der Waals surface area contributed by atoms with Crippen LogP contribution in [0.4, 0.5) is 0 Å². The molecule has 0 amide bonds. The van der Waals surface area contributed by atoms with Crippen LogP contribution in [0, 0.1) is 0 Å². The molecule has 0 saturated heterocycles. The maximum atomic E-state index is 12.9. The van der Waals surface area contributed by atoms with Gasteiger partial charge in [-0.05, 0) is 12.8 Å². The zero-order valence-corrected chi connectivity index (χ0v) is 59.0. The summed E-state index contributed by atoms with van der Waals surface area (Å²) in [5.41, 5.74) is 0. The van der Waals surface area contributed by atoms with Gasteiger partial charge in [-0.25, -0.2) is 4.57 Å². The number of carbonyl (C=O) groups excluding carboxylic acids is 2. The van der Waals surface area contributed by atoms with Crippen LogP contribution in [0.3, 0.4) is 0 Å². The number of quaternary nitrogens is 1. The van der Waals surface area contributed by atoms with E-state index in [-0.39, 0.29) is 25.6 Å². The van der Waals surface area contributed by atoms with Gasteiger partial charge >= 0.3 is 19.8 Å². The molecule has 0 aromatic rings. The van der Waals surface area contributed by atoms with Gasteiger partial charge in [0.25, 0.3) is 0 Å². The van der Waals surface area contributed by atoms with E-state index >= 15 is 0 Å². The monoisotopic (exact) mass is 1230 g/mol. The van der Waals surface area contributed by atoms with Crippen LogP contribution in [0.25, 0.3) is 0 Å². The van der Waals surface area contributed by atoms with Crippen LogP contribution >= 0.6 is 7.82 Å². The van der Waals surface area contributed by atoms with Gasteiger partial charge in [-0.1, -0.05) is 393 Å². The van der Waals surface area contributed by atoms with E-state index in [1.807, 2.05) is 21.1 Å². The molecule has 2 atom stereocenters. The van der Waals surface area contributed by atoms with Crippen LogP contribution in [0.1, 0.15) is 418 Å². The average Bonchev–Trinajstić information content (AvgIpc) is 3.50. The normalized spacial score (nSPS) is 13.0. The third-order valence-corrected chi connectivity index (χ3v) is 18.9. The molecule has 0 rings (SSSR count). The van der Waals surface area contributed by atoms with Gasteiger partial charge in [0, 0.05) is 12.8 Å². The minimum absolute atomic E-state index is 0.0377. The summed E-state index contributed by atoms with van der Waals surface area (Å²) in [4.78, 5) is 35.9. The van der Waals surface area contributed by atoms with Gasteiger partial charge in [-0.15, -0.1) is 0 Å². The van der Waals surface area contributed by atoms with E-state index in [4.69, 9.17) is 18.5 Å². The summed E-state index contributed by atoms with van der Waals surface area (Å²) in [7, 11) is 1.51. The number of phosphoric acid groups is 1. The second kappa shape index (κ2) is 67.4. The van der Waals surface area contributed by atoms with Gasteiger partial charge in [-0.3, -0.25) is 18.6 Å². The summed E-state index contributed by atoms with van der Waals surface area (Å²) in [5.74, 6) is -0.767. The highest BCUT2D eigenvalue weighted by atomic mass is 31.2. The number of nitrogens with zero attached hydrogens (tertiary/aromatic N) is 1. The molecule has 0 radical (unpaired) electrons. The Bertz CT molecular complexity index is 1390. The maximum absolute atomic E-state index is 12.9. The fourth-order valence-corrected chi connectivity index (χ4v) is 12.8. The summed E-state index contributed by atoms with van der Waals surface area (Å²) in [6, 6.07) is 0. The number of carbonyl (C=O) groups is 2. The number of rotatable bonds is 73. The van der Waals surface area contributed by atoms with Gasteiger partial charge in [0.05, 0.1) is 27.7 Å². The number of esters is 2. The summed E-state index contributed by atoms with van der Waals surface area (Å²) < 4.78 is 34.8. The molecule has 0 saturated carbocycles. The number of unbranched alkanes of at least 4 members (excludes halogenated alkanes) is 59. The van der Waals surface area contributed by atoms with Crippen LogP contribution in [-0.2, 0) is 32.7 Å². The summed E-state index contributed by atoms with van der Waals surface area (Å²) in [6.07, 6.45) is 82.5. The SMILES string of the molecule is CCCCCCCCCCCCCCCCCCCCCCCCCCCCCCCCCCCCCCCCCC(=O)OC(COC(=O)CCCCCCCCCCCCCCCCCCCCCCCC)COP(=O)(O)OCC[N+](C)(C)C. The molecular weight excluding hydrogens is 1070 g/mol. The van der Waals surface area contributed by atoms with E-state index in [0.29, 0.717) is 17.4 Å². The highest BCUT2D eigenvalue weighted by Gasteiger charge is 2.27. The van der Waals surface area contributed by atoms with Gasteiger partial charge in [-0.2, -0.15) is 0 Å². The fraction of sp³-hybridized carbons (Fsp3) is 0.973. The molecule has 0 heterocycles. The molecule has 9 nitrogen and oxygen atoms in total. The Morgan fingerprint density at radius 3 is 0.753 bits per heavy atom. The Morgan fingerprint density at radius 1 is 0.318 bits per heavy atom. The first-order chi connectivity index (χ1) is 41.5. The molecule has 2 unspecified atom stereocenters. The molecule has 0 aliphatic heterocycles. The molecule has 10 heteroatoms. The zero-order chi connectivity index (χ0) is 61.9. The first kappa shape index (κ1) is 84.0. The first-order valence-corrected chi connectivity index (χ1v) is 39.8. The van der Waals surface area contributed by atoms with Crippen LogP contribution in [-0.4, -0.2) is 74.9 Å².